The molecule has 1 unspecified atom stereocenters. The Morgan fingerprint density at radius 3 is 2.85 bits per heavy atom. The molecule has 0 amide bonds. The van der Waals surface area contributed by atoms with Crippen molar-refractivity contribution in [3.05, 3.63) is 36.4 Å². The van der Waals surface area contributed by atoms with Crippen molar-refractivity contribution in [1.29, 1.82) is 0 Å². The second-order valence-electron chi connectivity index (χ2n) is 6.08. The van der Waals surface area contributed by atoms with E-state index in [9.17, 15) is 8.78 Å². The van der Waals surface area contributed by atoms with E-state index in [-0.39, 0.29) is 11.7 Å². The Kier molecular flexibility index (Phi) is 3.98. The number of nitrogens with one attached hydrogen (secondary N) is 2. The van der Waals surface area contributed by atoms with E-state index in [1.165, 1.54) is 4.52 Å². The summed E-state index contributed by atoms with van der Waals surface area (Å²) < 4.78 is 27.4. The molecule has 0 radical (unpaired) electrons. The summed E-state index contributed by atoms with van der Waals surface area (Å²) in [5, 5.41) is 8.30. The lowest BCUT2D eigenvalue weighted by Crippen LogP contribution is -2.15. The topological polar surface area (TPSA) is 83.8 Å². The summed E-state index contributed by atoms with van der Waals surface area (Å²) in [6, 6.07) is 3.66. The van der Waals surface area contributed by atoms with Crippen LogP contribution < -0.4 is 5.32 Å². The Morgan fingerprint density at radius 1 is 1.23 bits per heavy atom. The summed E-state index contributed by atoms with van der Waals surface area (Å²) in [6.07, 6.45) is 2.90. The summed E-state index contributed by atoms with van der Waals surface area (Å²) in [5.41, 5.74) is 2.07. The maximum atomic E-state index is 13.1. The van der Waals surface area contributed by atoms with E-state index in [1.54, 1.807) is 24.5 Å². The lowest BCUT2D eigenvalue weighted by atomic mass is 10.2. The second kappa shape index (κ2) is 6.32. The Hall–Kier alpha value is -3.10. The number of hydrogen-bond donors (Lipinski definition) is 2. The minimum Gasteiger partial charge on any atom is -0.352 e. The molecule has 4 rings (SSSR count). The zero-order valence-electron chi connectivity index (χ0n) is 14.2. The van der Waals surface area contributed by atoms with Gasteiger partial charge < -0.3 is 10.3 Å². The van der Waals surface area contributed by atoms with Crippen LogP contribution in [-0.2, 0) is 0 Å². The quantitative estimate of drug-likeness (QED) is 0.567. The number of alkyl halides is 2. The van der Waals surface area contributed by atoms with Crippen molar-refractivity contribution in [2.24, 2.45) is 0 Å². The first-order chi connectivity index (χ1) is 12.6. The molecule has 0 spiro atoms. The summed E-state index contributed by atoms with van der Waals surface area (Å²) in [7, 11) is 0. The molecule has 9 heteroatoms. The molecule has 26 heavy (non-hydrogen) atoms. The third-order valence-electron chi connectivity index (χ3n) is 4.31. The van der Waals surface area contributed by atoms with Gasteiger partial charge in [0.1, 0.15) is 11.3 Å². The first-order valence-electron chi connectivity index (χ1n) is 8.30. The average Bonchev–Trinajstić information content (AvgIpc) is 3.24. The summed E-state index contributed by atoms with van der Waals surface area (Å²) in [4.78, 5) is 15.8. The Labute approximate surface area is 147 Å². The molecule has 4 heterocycles. The molecule has 134 valence electrons. The molecule has 2 N–H and O–H groups in total. The average molecular weight is 357 g/mol. The van der Waals surface area contributed by atoms with Crippen molar-refractivity contribution in [2.75, 3.05) is 5.32 Å². The van der Waals surface area contributed by atoms with Gasteiger partial charge in [0.05, 0.1) is 11.9 Å². The predicted molar refractivity (Wildman–Crippen MR) is 94.2 cm³/mol. The molecular formula is C17H17F2N7. The Bertz CT molecular complexity index is 1070. The fraction of sp³-hybridized carbons (Fsp3) is 0.294. The molecule has 7 nitrogen and oxygen atoms in total. The van der Waals surface area contributed by atoms with Crippen molar-refractivity contribution >= 4 is 22.6 Å². The summed E-state index contributed by atoms with van der Waals surface area (Å²) >= 11 is 0. The van der Waals surface area contributed by atoms with Gasteiger partial charge in [-0.3, -0.25) is 0 Å². The van der Waals surface area contributed by atoms with Crippen molar-refractivity contribution in [1.82, 2.24) is 29.5 Å². The highest BCUT2D eigenvalue weighted by atomic mass is 19.3. The molecule has 0 aliphatic rings. The number of nitrogens with zero attached hydrogens (tertiary/aromatic N) is 5. The van der Waals surface area contributed by atoms with Crippen molar-refractivity contribution < 1.29 is 8.78 Å². The third-order valence-corrected chi connectivity index (χ3v) is 4.31. The second-order valence-corrected chi connectivity index (χ2v) is 6.08. The molecule has 0 aliphatic heterocycles. The first kappa shape index (κ1) is 16.4. The highest BCUT2D eigenvalue weighted by Crippen LogP contribution is 2.27. The maximum Gasteiger partial charge on any atom is 0.282 e. The normalized spacial score (nSPS) is 13.0. The number of fused-ring (bicyclic) bond motifs is 2. The number of aromatic amines is 1. The molecule has 0 aromatic carbocycles. The smallest absolute Gasteiger partial charge is 0.282 e. The minimum atomic E-state index is -2.65. The molecule has 4 aromatic rings. The molecule has 4 aromatic heterocycles. The van der Waals surface area contributed by atoms with Gasteiger partial charge in [0.2, 0.25) is 5.95 Å². The van der Waals surface area contributed by atoms with Gasteiger partial charge >= 0.3 is 0 Å². The molecule has 0 fully saturated rings. The van der Waals surface area contributed by atoms with E-state index in [0.29, 0.717) is 22.9 Å². The van der Waals surface area contributed by atoms with E-state index in [1.807, 2.05) is 0 Å². The zero-order valence-corrected chi connectivity index (χ0v) is 14.2. The Morgan fingerprint density at radius 2 is 2.08 bits per heavy atom. The number of rotatable bonds is 5. The van der Waals surface area contributed by atoms with E-state index >= 15 is 0 Å². The number of imidazole rings is 1. The highest BCUT2D eigenvalue weighted by molar-refractivity contribution is 5.92. The van der Waals surface area contributed by atoms with Gasteiger partial charge in [0.25, 0.3) is 6.43 Å². The van der Waals surface area contributed by atoms with Crippen molar-refractivity contribution in [2.45, 2.75) is 32.7 Å². The van der Waals surface area contributed by atoms with Crippen LogP contribution in [0.3, 0.4) is 0 Å². The fourth-order valence-electron chi connectivity index (χ4n) is 2.69. The number of halogens is 2. The molecule has 0 bridgehead atoms. The SMILES string of the molecule is CCC(C)Nc1ncc2c(-c3ccc4ncc(C(F)F)n4n3)c[nH]c2n1. The Balaban J connectivity index is 1.77. The van der Waals surface area contributed by atoms with Crippen LogP contribution in [0.4, 0.5) is 14.7 Å². The monoisotopic (exact) mass is 357 g/mol. The lowest BCUT2D eigenvalue weighted by molar-refractivity contribution is 0.143. The minimum absolute atomic E-state index is 0.238. The van der Waals surface area contributed by atoms with Crippen LogP contribution in [0, 0.1) is 0 Å². The van der Waals surface area contributed by atoms with Crippen molar-refractivity contribution in [3.63, 3.8) is 0 Å². The van der Waals surface area contributed by atoms with Gasteiger partial charge in [0.15, 0.2) is 5.65 Å². The standard InChI is InChI=1S/C17H17F2N7/c1-3-9(2)23-17-22-7-11-10(6-21-16(11)24-17)12-4-5-14-20-8-13(15(18)19)26(14)25-12/h4-9,15H,3H2,1-2H3,(H2,21,22,23,24). The number of aromatic nitrogens is 6. The molecular weight excluding hydrogens is 340 g/mol. The molecule has 0 saturated heterocycles. The number of H-pyrrole nitrogens is 1. The van der Waals surface area contributed by atoms with E-state index in [0.717, 1.165) is 23.6 Å². The summed E-state index contributed by atoms with van der Waals surface area (Å²) in [6.45, 7) is 4.13. The first-order valence-corrected chi connectivity index (χ1v) is 8.30. The van der Waals surface area contributed by atoms with Gasteiger partial charge in [-0.15, -0.1) is 0 Å². The predicted octanol–water partition coefficient (Wildman–Crippen LogP) is 3.82. The van der Waals surface area contributed by atoms with Crippen LogP contribution >= 0.6 is 0 Å². The molecule has 0 aliphatic carbocycles. The van der Waals surface area contributed by atoms with Crippen LogP contribution in [0.15, 0.2) is 30.7 Å². The van der Waals surface area contributed by atoms with Gasteiger partial charge in [0, 0.05) is 29.4 Å². The van der Waals surface area contributed by atoms with Crippen LogP contribution in [0.25, 0.3) is 27.9 Å². The van der Waals surface area contributed by atoms with Crippen LogP contribution in [0.2, 0.25) is 0 Å². The zero-order chi connectivity index (χ0) is 18.3. The maximum absolute atomic E-state index is 13.1. The lowest BCUT2D eigenvalue weighted by Gasteiger charge is -2.10. The van der Waals surface area contributed by atoms with Gasteiger partial charge in [-0.2, -0.15) is 10.1 Å². The fourth-order valence-corrected chi connectivity index (χ4v) is 2.69. The van der Waals surface area contributed by atoms with E-state index in [4.69, 9.17) is 0 Å². The van der Waals surface area contributed by atoms with Gasteiger partial charge in [-0.05, 0) is 25.5 Å². The largest absolute Gasteiger partial charge is 0.352 e. The van der Waals surface area contributed by atoms with Gasteiger partial charge in [-0.25, -0.2) is 23.3 Å². The third kappa shape index (κ3) is 2.75. The number of anilines is 1. The van der Waals surface area contributed by atoms with Crippen LogP contribution in [0.1, 0.15) is 32.4 Å². The molecule has 1 atom stereocenters. The summed E-state index contributed by atoms with van der Waals surface area (Å²) in [5.74, 6) is 0.540. The highest BCUT2D eigenvalue weighted by Gasteiger charge is 2.16. The van der Waals surface area contributed by atoms with Crippen LogP contribution in [0.5, 0.6) is 0 Å². The molecule has 0 saturated carbocycles. The number of hydrogen-bond acceptors (Lipinski definition) is 5. The van der Waals surface area contributed by atoms with Gasteiger partial charge in [-0.1, -0.05) is 6.92 Å². The van der Waals surface area contributed by atoms with Crippen molar-refractivity contribution in [3.8, 4) is 11.3 Å². The van der Waals surface area contributed by atoms with Crippen LogP contribution in [-0.4, -0.2) is 35.6 Å². The van der Waals surface area contributed by atoms with E-state index in [2.05, 4.69) is 44.2 Å². The van der Waals surface area contributed by atoms with E-state index < -0.39 is 6.43 Å².